The minimum atomic E-state index is -0.891. The van der Waals surface area contributed by atoms with Gasteiger partial charge in [0, 0.05) is 0 Å². The van der Waals surface area contributed by atoms with Crippen LogP contribution in [0.15, 0.2) is 29.4 Å². The highest BCUT2D eigenvalue weighted by Gasteiger charge is 2.23. The fourth-order valence-electron chi connectivity index (χ4n) is 1.14. The number of para-hydroxylation sites is 1. The summed E-state index contributed by atoms with van der Waals surface area (Å²) < 4.78 is 9.16. The molecule has 19 heavy (non-hydrogen) atoms. The number of hydrazone groups is 1. The molecule has 0 aliphatic heterocycles. The topological polar surface area (TPSA) is 77.0 Å². The van der Waals surface area contributed by atoms with Crippen LogP contribution < -0.4 is 5.43 Å². The van der Waals surface area contributed by atoms with Gasteiger partial charge in [-0.1, -0.05) is 23.7 Å². The van der Waals surface area contributed by atoms with Gasteiger partial charge < -0.3 is 9.47 Å². The van der Waals surface area contributed by atoms with Gasteiger partial charge in [0.15, 0.2) is 0 Å². The molecule has 0 aromatic heterocycles. The molecule has 0 radical (unpaired) electrons. The number of carbonyl (C=O) groups excluding carboxylic acids is 2. The van der Waals surface area contributed by atoms with E-state index < -0.39 is 17.7 Å². The number of anilines is 1. The summed E-state index contributed by atoms with van der Waals surface area (Å²) in [5, 5.41) is 4.08. The molecule has 0 fully saturated rings. The monoisotopic (exact) mass is 284 g/mol. The summed E-state index contributed by atoms with van der Waals surface area (Å²) in [5.74, 6) is -1.76. The van der Waals surface area contributed by atoms with Gasteiger partial charge in [-0.25, -0.2) is 9.59 Å². The van der Waals surface area contributed by atoms with E-state index in [9.17, 15) is 9.59 Å². The van der Waals surface area contributed by atoms with Crippen LogP contribution in [0.3, 0.4) is 0 Å². The third-order valence-electron chi connectivity index (χ3n) is 2.01. The lowest BCUT2D eigenvalue weighted by atomic mass is 10.3. The van der Waals surface area contributed by atoms with E-state index >= 15 is 0 Å². The van der Waals surface area contributed by atoms with E-state index in [2.05, 4.69) is 15.3 Å². The summed E-state index contributed by atoms with van der Waals surface area (Å²) >= 11 is 5.90. The van der Waals surface area contributed by atoms with Crippen LogP contribution in [-0.4, -0.2) is 31.4 Å². The van der Waals surface area contributed by atoms with Gasteiger partial charge in [-0.3, -0.25) is 5.43 Å². The lowest BCUT2D eigenvalue weighted by Crippen LogP contribution is -2.28. The maximum Gasteiger partial charge on any atom is 0.366 e. The molecule has 0 atom stereocenters. The molecule has 0 saturated heterocycles. The van der Waals surface area contributed by atoms with E-state index in [1.165, 1.54) is 0 Å². The zero-order chi connectivity index (χ0) is 14.3. The van der Waals surface area contributed by atoms with Crippen LogP contribution in [0.1, 0.15) is 6.92 Å². The maximum atomic E-state index is 11.5. The third kappa shape index (κ3) is 4.26. The molecule has 0 bridgehead atoms. The molecule has 0 aliphatic carbocycles. The van der Waals surface area contributed by atoms with Crippen LogP contribution in [-0.2, 0) is 19.1 Å². The Kier molecular flexibility index (Phi) is 5.81. The molecule has 7 heteroatoms. The standard InChI is InChI=1S/C12H13ClN2O4/c1-3-19-12(17)10(11(16)18-2)15-14-9-7-5-4-6-8(9)13/h4-7,14H,3H2,1-2H3. The number of nitrogens with zero attached hydrogens (tertiary/aromatic N) is 1. The average Bonchev–Trinajstić information content (AvgIpc) is 2.41. The van der Waals surface area contributed by atoms with Crippen LogP contribution in [0.5, 0.6) is 0 Å². The molecule has 0 aliphatic rings. The smallest absolute Gasteiger partial charge is 0.366 e. The van der Waals surface area contributed by atoms with Gasteiger partial charge in [-0.15, -0.1) is 0 Å². The number of hydrogen-bond donors (Lipinski definition) is 1. The van der Waals surface area contributed by atoms with Crippen LogP contribution in [0.25, 0.3) is 0 Å². The van der Waals surface area contributed by atoms with Crippen molar-refractivity contribution in [1.29, 1.82) is 0 Å². The van der Waals surface area contributed by atoms with Crippen molar-refractivity contribution in [3.63, 3.8) is 0 Å². The molecule has 1 aromatic carbocycles. The first-order valence-corrected chi connectivity index (χ1v) is 5.81. The lowest BCUT2D eigenvalue weighted by Gasteiger charge is -2.06. The molecular weight excluding hydrogens is 272 g/mol. The van der Waals surface area contributed by atoms with Gasteiger partial charge in [-0.2, -0.15) is 5.10 Å². The molecule has 0 amide bonds. The Balaban J connectivity index is 2.92. The quantitative estimate of drug-likeness (QED) is 0.386. The van der Waals surface area contributed by atoms with Crippen LogP contribution >= 0.6 is 11.6 Å². The molecule has 0 heterocycles. The molecule has 0 saturated carbocycles. The lowest BCUT2D eigenvalue weighted by molar-refractivity contribution is -0.139. The first-order valence-electron chi connectivity index (χ1n) is 5.43. The highest BCUT2D eigenvalue weighted by molar-refractivity contribution is 6.62. The largest absolute Gasteiger partial charge is 0.464 e. The second-order valence-corrected chi connectivity index (χ2v) is 3.67. The number of rotatable bonds is 5. The minimum absolute atomic E-state index is 0.126. The Hall–Kier alpha value is -2.08. The Labute approximate surface area is 115 Å². The maximum absolute atomic E-state index is 11.5. The van der Waals surface area contributed by atoms with E-state index in [0.29, 0.717) is 10.7 Å². The fourth-order valence-corrected chi connectivity index (χ4v) is 1.32. The van der Waals surface area contributed by atoms with E-state index in [4.69, 9.17) is 16.3 Å². The Bertz CT molecular complexity index is 502. The minimum Gasteiger partial charge on any atom is -0.464 e. The number of esters is 2. The van der Waals surface area contributed by atoms with Crippen molar-refractivity contribution in [2.45, 2.75) is 6.92 Å². The van der Waals surface area contributed by atoms with Crippen molar-refractivity contribution in [2.24, 2.45) is 5.10 Å². The Morgan fingerprint density at radius 2 is 2.00 bits per heavy atom. The number of nitrogens with one attached hydrogen (secondary N) is 1. The van der Waals surface area contributed by atoms with E-state index in [0.717, 1.165) is 7.11 Å². The van der Waals surface area contributed by atoms with Crippen LogP contribution in [0.2, 0.25) is 5.02 Å². The summed E-state index contributed by atoms with van der Waals surface area (Å²) in [6.45, 7) is 1.75. The number of hydrogen-bond acceptors (Lipinski definition) is 6. The highest BCUT2D eigenvalue weighted by atomic mass is 35.5. The number of methoxy groups -OCH3 is 1. The van der Waals surface area contributed by atoms with Gasteiger partial charge in [0.25, 0.3) is 5.71 Å². The van der Waals surface area contributed by atoms with Gasteiger partial charge in [0.1, 0.15) is 0 Å². The Morgan fingerprint density at radius 3 is 2.58 bits per heavy atom. The van der Waals surface area contributed by atoms with Crippen LogP contribution in [0, 0.1) is 0 Å². The van der Waals surface area contributed by atoms with Crippen molar-refractivity contribution < 1.29 is 19.1 Å². The summed E-state index contributed by atoms with van der Waals surface area (Å²) in [6, 6.07) is 6.75. The van der Waals surface area contributed by atoms with Gasteiger partial charge in [0.05, 0.1) is 24.4 Å². The molecule has 0 spiro atoms. The zero-order valence-electron chi connectivity index (χ0n) is 10.5. The zero-order valence-corrected chi connectivity index (χ0v) is 11.2. The van der Waals surface area contributed by atoms with Crippen molar-refractivity contribution in [3.05, 3.63) is 29.3 Å². The summed E-state index contributed by atoms with van der Waals surface area (Å²) in [5.41, 5.74) is 2.49. The molecular formula is C12H13ClN2O4. The van der Waals surface area contributed by atoms with E-state index in [1.54, 1.807) is 31.2 Å². The normalized spacial score (nSPS) is 10.8. The summed E-state index contributed by atoms with van der Waals surface area (Å²) in [4.78, 5) is 22.9. The predicted octanol–water partition coefficient (Wildman–Crippen LogP) is 1.84. The first kappa shape index (κ1) is 15.0. The molecule has 0 unspecified atom stereocenters. The molecule has 102 valence electrons. The highest BCUT2D eigenvalue weighted by Crippen LogP contribution is 2.20. The molecule has 1 N–H and O–H groups in total. The fraction of sp³-hybridized carbons (Fsp3) is 0.250. The van der Waals surface area contributed by atoms with Crippen molar-refractivity contribution in [1.82, 2.24) is 0 Å². The van der Waals surface area contributed by atoms with E-state index in [1.807, 2.05) is 0 Å². The van der Waals surface area contributed by atoms with Crippen LogP contribution in [0.4, 0.5) is 5.69 Å². The van der Waals surface area contributed by atoms with Crippen molar-refractivity contribution >= 4 is 34.9 Å². The van der Waals surface area contributed by atoms with Gasteiger partial charge in [-0.05, 0) is 19.1 Å². The summed E-state index contributed by atoms with van der Waals surface area (Å²) in [7, 11) is 1.15. The summed E-state index contributed by atoms with van der Waals surface area (Å²) in [6.07, 6.45) is 0. The first-order chi connectivity index (χ1) is 9.10. The third-order valence-corrected chi connectivity index (χ3v) is 2.34. The SMILES string of the molecule is CCOC(=O)C(=NNc1ccccc1Cl)C(=O)OC. The number of benzene rings is 1. The van der Waals surface area contributed by atoms with E-state index in [-0.39, 0.29) is 6.61 Å². The second kappa shape index (κ2) is 7.38. The predicted molar refractivity (Wildman–Crippen MR) is 71.2 cm³/mol. The van der Waals surface area contributed by atoms with Crippen molar-refractivity contribution in [3.8, 4) is 0 Å². The Morgan fingerprint density at radius 1 is 1.32 bits per heavy atom. The second-order valence-electron chi connectivity index (χ2n) is 3.26. The number of carbonyl (C=O) groups is 2. The molecule has 6 nitrogen and oxygen atoms in total. The number of halogens is 1. The van der Waals surface area contributed by atoms with Crippen molar-refractivity contribution in [2.75, 3.05) is 19.1 Å². The number of ether oxygens (including phenoxy) is 2. The van der Waals surface area contributed by atoms with Gasteiger partial charge in [0.2, 0.25) is 0 Å². The van der Waals surface area contributed by atoms with Gasteiger partial charge >= 0.3 is 11.9 Å². The average molecular weight is 285 g/mol. The molecule has 1 aromatic rings. The molecule has 1 rings (SSSR count).